The van der Waals surface area contributed by atoms with E-state index in [-0.39, 0.29) is 5.97 Å². The van der Waals surface area contributed by atoms with E-state index in [1.807, 2.05) is 12.1 Å². The third kappa shape index (κ3) is 12.4. The Balaban J connectivity index is 1.35. The summed E-state index contributed by atoms with van der Waals surface area (Å²) in [6.07, 6.45) is 11.9. The SMILES string of the molecule is C=CC(=O)OCCCCCCOc1ccc(C(=C)CCc2ccc(C#Cc3ccc(CCCCC)cc3)cc2)cc1. The second-order valence-corrected chi connectivity index (χ2v) is 10.4. The molecule has 0 unspecified atom stereocenters. The number of carbonyl (C=O) groups is 1. The van der Waals surface area contributed by atoms with Crippen molar-refractivity contribution in [1.29, 1.82) is 0 Å². The van der Waals surface area contributed by atoms with Crippen molar-refractivity contribution in [2.75, 3.05) is 13.2 Å². The molecule has 0 aliphatic heterocycles. The number of esters is 1. The minimum Gasteiger partial charge on any atom is -0.494 e. The molecule has 3 rings (SSSR count). The van der Waals surface area contributed by atoms with Gasteiger partial charge in [-0.15, -0.1) is 0 Å². The van der Waals surface area contributed by atoms with E-state index in [9.17, 15) is 4.79 Å². The van der Waals surface area contributed by atoms with Gasteiger partial charge in [-0.25, -0.2) is 4.79 Å². The first-order chi connectivity index (χ1) is 20.1. The summed E-state index contributed by atoms with van der Waals surface area (Å²) in [4.78, 5) is 11.0. The van der Waals surface area contributed by atoms with E-state index in [4.69, 9.17) is 9.47 Å². The Morgan fingerprint density at radius 2 is 1.32 bits per heavy atom. The quantitative estimate of drug-likeness (QED) is 0.0730. The van der Waals surface area contributed by atoms with Gasteiger partial charge in [0.25, 0.3) is 0 Å². The molecule has 41 heavy (non-hydrogen) atoms. The summed E-state index contributed by atoms with van der Waals surface area (Å²) in [6.45, 7) is 11.1. The van der Waals surface area contributed by atoms with E-state index >= 15 is 0 Å². The number of rotatable bonds is 17. The van der Waals surface area contributed by atoms with Gasteiger partial charge < -0.3 is 9.47 Å². The van der Waals surface area contributed by atoms with Gasteiger partial charge in [0, 0.05) is 17.2 Å². The average molecular weight is 549 g/mol. The van der Waals surface area contributed by atoms with Gasteiger partial charge in [0.05, 0.1) is 13.2 Å². The largest absolute Gasteiger partial charge is 0.494 e. The summed E-state index contributed by atoms with van der Waals surface area (Å²) in [5.74, 6) is 7.10. The van der Waals surface area contributed by atoms with Crippen molar-refractivity contribution in [3.8, 4) is 17.6 Å². The fourth-order valence-electron chi connectivity index (χ4n) is 4.44. The maximum Gasteiger partial charge on any atom is 0.330 e. The van der Waals surface area contributed by atoms with Gasteiger partial charge in [-0.3, -0.25) is 0 Å². The van der Waals surface area contributed by atoms with Gasteiger partial charge in [0.2, 0.25) is 0 Å². The Hall–Kier alpha value is -4.03. The van der Waals surface area contributed by atoms with Crippen molar-refractivity contribution in [1.82, 2.24) is 0 Å². The van der Waals surface area contributed by atoms with Gasteiger partial charge in [0.1, 0.15) is 5.75 Å². The zero-order valence-corrected chi connectivity index (χ0v) is 24.6. The number of benzene rings is 3. The van der Waals surface area contributed by atoms with Crippen LogP contribution >= 0.6 is 0 Å². The minimum absolute atomic E-state index is 0.357. The highest BCUT2D eigenvalue weighted by atomic mass is 16.5. The zero-order chi connectivity index (χ0) is 29.1. The highest BCUT2D eigenvalue weighted by Gasteiger charge is 2.03. The molecule has 0 saturated heterocycles. The van der Waals surface area contributed by atoms with E-state index in [1.54, 1.807) is 0 Å². The van der Waals surface area contributed by atoms with Crippen LogP contribution in [0.4, 0.5) is 0 Å². The predicted molar refractivity (Wildman–Crippen MR) is 171 cm³/mol. The summed E-state index contributed by atoms with van der Waals surface area (Å²) < 4.78 is 10.9. The lowest BCUT2D eigenvalue weighted by Crippen LogP contribution is -2.02. The lowest BCUT2D eigenvalue weighted by molar-refractivity contribution is -0.137. The van der Waals surface area contributed by atoms with Gasteiger partial charge in [-0.1, -0.05) is 81.2 Å². The Bertz CT molecular complexity index is 1270. The summed E-state index contributed by atoms with van der Waals surface area (Å²) in [6, 6.07) is 25.4. The van der Waals surface area contributed by atoms with Gasteiger partial charge in [-0.05, 0) is 110 Å². The van der Waals surface area contributed by atoms with E-state index in [2.05, 4.69) is 92.6 Å². The van der Waals surface area contributed by atoms with Gasteiger partial charge >= 0.3 is 5.97 Å². The Morgan fingerprint density at radius 1 is 0.732 bits per heavy atom. The van der Waals surface area contributed by atoms with Gasteiger partial charge in [0.15, 0.2) is 0 Å². The number of ether oxygens (including phenoxy) is 2. The van der Waals surface area contributed by atoms with E-state index < -0.39 is 0 Å². The molecule has 0 heterocycles. The van der Waals surface area contributed by atoms with Crippen LogP contribution in [0.1, 0.15) is 86.1 Å². The van der Waals surface area contributed by atoms with Crippen molar-refractivity contribution in [3.05, 3.63) is 120 Å². The molecular formula is C38H44O3. The van der Waals surface area contributed by atoms with Crippen LogP contribution in [0.5, 0.6) is 5.75 Å². The van der Waals surface area contributed by atoms with Crippen molar-refractivity contribution < 1.29 is 14.3 Å². The fraction of sp³-hybridized carbons (Fsp3) is 0.342. The van der Waals surface area contributed by atoms with E-state index in [1.165, 1.54) is 36.5 Å². The van der Waals surface area contributed by atoms with Crippen molar-refractivity contribution in [2.45, 2.75) is 71.1 Å². The minimum atomic E-state index is -0.357. The Labute approximate surface area is 247 Å². The second kappa shape index (κ2) is 18.3. The second-order valence-electron chi connectivity index (χ2n) is 10.4. The molecule has 0 aromatic heterocycles. The molecule has 3 nitrogen and oxygen atoms in total. The molecule has 0 atom stereocenters. The predicted octanol–water partition coefficient (Wildman–Crippen LogP) is 9.13. The number of unbranched alkanes of at least 4 members (excludes halogenated alkanes) is 5. The summed E-state index contributed by atoms with van der Waals surface area (Å²) in [5, 5.41) is 0. The molecule has 0 bridgehead atoms. The molecule has 3 aromatic carbocycles. The molecule has 0 N–H and O–H groups in total. The highest BCUT2D eigenvalue weighted by Crippen LogP contribution is 2.22. The van der Waals surface area contributed by atoms with Crippen molar-refractivity contribution >= 4 is 11.5 Å². The van der Waals surface area contributed by atoms with Crippen LogP contribution in [0.3, 0.4) is 0 Å². The van der Waals surface area contributed by atoms with Crippen LogP contribution < -0.4 is 4.74 Å². The first-order valence-corrected chi connectivity index (χ1v) is 15.0. The standard InChI is InChI=1S/C38H44O3/c1-4-6-9-12-32-15-17-34(18-16-32)23-24-35-21-19-33(20-22-35)14-13-31(3)36-25-27-37(28-26-36)40-29-10-7-8-11-30-41-38(39)5-2/h5,15-22,25-28H,2-4,6-14,29-30H2,1H3. The number of hydrogen-bond donors (Lipinski definition) is 0. The fourth-order valence-corrected chi connectivity index (χ4v) is 4.44. The molecule has 0 fully saturated rings. The molecular weight excluding hydrogens is 504 g/mol. The molecule has 0 spiro atoms. The number of hydrogen-bond acceptors (Lipinski definition) is 3. The monoisotopic (exact) mass is 548 g/mol. The van der Waals surface area contributed by atoms with E-state index in [0.717, 1.165) is 73.0 Å². The van der Waals surface area contributed by atoms with Crippen LogP contribution in [-0.2, 0) is 22.4 Å². The normalized spacial score (nSPS) is 10.4. The first kappa shape index (κ1) is 31.5. The molecule has 0 aliphatic carbocycles. The Kier molecular flexibility index (Phi) is 14.1. The van der Waals surface area contributed by atoms with Crippen LogP contribution in [0.2, 0.25) is 0 Å². The number of carbonyl (C=O) groups excluding carboxylic acids is 1. The zero-order valence-electron chi connectivity index (χ0n) is 24.6. The third-order valence-electron chi connectivity index (χ3n) is 7.02. The van der Waals surface area contributed by atoms with Crippen LogP contribution in [0.15, 0.2) is 92.0 Å². The maximum absolute atomic E-state index is 11.0. The molecule has 0 saturated carbocycles. The summed E-state index contributed by atoms with van der Waals surface area (Å²) in [5.41, 5.74) is 7.03. The summed E-state index contributed by atoms with van der Waals surface area (Å²) in [7, 11) is 0. The smallest absolute Gasteiger partial charge is 0.330 e. The molecule has 0 aliphatic rings. The molecule has 3 aromatic rings. The maximum atomic E-state index is 11.0. The van der Waals surface area contributed by atoms with Crippen LogP contribution in [0.25, 0.3) is 5.57 Å². The highest BCUT2D eigenvalue weighted by molar-refractivity contribution is 5.81. The van der Waals surface area contributed by atoms with Crippen LogP contribution in [-0.4, -0.2) is 19.2 Å². The Morgan fingerprint density at radius 3 is 1.90 bits per heavy atom. The third-order valence-corrected chi connectivity index (χ3v) is 7.02. The van der Waals surface area contributed by atoms with Crippen LogP contribution in [0, 0.1) is 11.8 Å². The number of allylic oxidation sites excluding steroid dienone is 1. The van der Waals surface area contributed by atoms with Crippen molar-refractivity contribution in [3.63, 3.8) is 0 Å². The molecule has 0 radical (unpaired) electrons. The number of aryl methyl sites for hydroxylation is 2. The van der Waals surface area contributed by atoms with Gasteiger partial charge in [-0.2, -0.15) is 0 Å². The molecule has 214 valence electrons. The topological polar surface area (TPSA) is 35.5 Å². The average Bonchev–Trinajstić information content (AvgIpc) is 3.01. The molecule has 3 heteroatoms. The molecule has 0 amide bonds. The van der Waals surface area contributed by atoms with E-state index in [0.29, 0.717) is 13.2 Å². The lowest BCUT2D eigenvalue weighted by Gasteiger charge is -2.09. The lowest BCUT2D eigenvalue weighted by atomic mass is 9.99. The van der Waals surface area contributed by atoms with Crippen molar-refractivity contribution in [2.24, 2.45) is 0 Å². The summed E-state index contributed by atoms with van der Waals surface area (Å²) >= 11 is 0. The first-order valence-electron chi connectivity index (χ1n) is 15.0.